The molecule has 0 aromatic heterocycles. The van der Waals surface area contributed by atoms with Crippen molar-refractivity contribution in [2.75, 3.05) is 18.5 Å². The second-order valence-corrected chi connectivity index (χ2v) is 12.9. The fourth-order valence-corrected chi connectivity index (χ4v) is 7.04. The molecule has 0 aliphatic heterocycles. The molecule has 0 N–H and O–H groups in total. The number of rotatable bonds is 25. The van der Waals surface area contributed by atoms with Crippen molar-refractivity contribution in [1.82, 2.24) is 0 Å². The van der Waals surface area contributed by atoms with Crippen molar-refractivity contribution in [3.8, 4) is 0 Å². The Morgan fingerprint density at radius 2 is 0.438 bits per heavy atom. The van der Waals surface area contributed by atoms with Gasteiger partial charge in [0.2, 0.25) is 0 Å². The van der Waals surface area contributed by atoms with E-state index in [1.165, 1.54) is 148 Å². The van der Waals surface area contributed by atoms with Crippen molar-refractivity contribution in [3.63, 3.8) is 0 Å². The average Bonchev–Trinajstić information content (AvgIpc) is 2.81. The Kier molecular flexibility index (Phi) is 36.3. The van der Waals surface area contributed by atoms with Gasteiger partial charge in [-0.15, -0.1) is 7.92 Å². The summed E-state index contributed by atoms with van der Waals surface area (Å²) >= 11 is 0. The molecule has 0 aromatic carbocycles. The quantitative estimate of drug-likeness (QED) is 0.0918. The van der Waals surface area contributed by atoms with Gasteiger partial charge < -0.3 is 0 Å². The molecule has 0 bridgehead atoms. The summed E-state index contributed by atoms with van der Waals surface area (Å²) in [5.41, 5.74) is 0. The van der Waals surface area contributed by atoms with Gasteiger partial charge in [-0.25, -0.2) is 0 Å². The van der Waals surface area contributed by atoms with Crippen LogP contribution in [0.2, 0.25) is 0 Å². The summed E-state index contributed by atoms with van der Waals surface area (Å²) in [6, 6.07) is 0. The van der Waals surface area contributed by atoms with Crippen LogP contribution in [0.3, 0.4) is 0 Å². The molecule has 0 aliphatic carbocycles. The first-order chi connectivity index (χ1) is 15.8. The molecule has 0 fully saturated rings. The zero-order valence-electron chi connectivity index (χ0n) is 23.8. The van der Waals surface area contributed by atoms with Crippen LogP contribution in [0.4, 0.5) is 0 Å². The highest BCUT2D eigenvalue weighted by Gasteiger charge is 2.07. The lowest BCUT2D eigenvalue weighted by molar-refractivity contribution is 0.617. The molecule has 0 rings (SSSR count). The Morgan fingerprint density at radius 1 is 0.250 bits per heavy atom. The molecule has 1 heteroatoms. The van der Waals surface area contributed by atoms with Crippen LogP contribution in [0.1, 0.15) is 182 Å². The lowest BCUT2D eigenvalue weighted by Crippen LogP contribution is -1.97. The molecule has 32 heavy (non-hydrogen) atoms. The maximum atomic E-state index is 2.32. The predicted octanol–water partition coefficient (Wildman–Crippen LogP) is 12.5. The largest absolute Gasteiger partial charge is 0.107 e. The van der Waals surface area contributed by atoms with Crippen molar-refractivity contribution in [3.05, 3.63) is 0 Å². The number of unbranched alkanes of at least 4 members (excludes halogenated alkanes) is 19. The minimum absolute atomic E-state index is 0.366. The first-order valence-electron chi connectivity index (χ1n) is 15.5. The van der Waals surface area contributed by atoms with Gasteiger partial charge in [0.05, 0.1) is 0 Å². The number of hydrogen-bond donors (Lipinski definition) is 0. The third-order valence-corrected chi connectivity index (χ3v) is 9.54. The Balaban J connectivity index is 0. The molecule has 0 unspecified atom stereocenters. The summed E-state index contributed by atoms with van der Waals surface area (Å²) in [7, 11) is 0.366. The summed E-state index contributed by atoms with van der Waals surface area (Å²) in [6.07, 6.45) is 38.3. The second kappa shape index (κ2) is 33.6. The Morgan fingerprint density at radius 3 is 0.688 bits per heavy atom. The molecule has 0 aliphatic rings. The molecule has 196 valence electrons. The minimum Gasteiger partial charge on any atom is -0.107 e. The van der Waals surface area contributed by atoms with E-state index in [4.69, 9.17) is 0 Å². The van der Waals surface area contributed by atoms with Gasteiger partial charge in [0, 0.05) is 0 Å². The van der Waals surface area contributed by atoms with Gasteiger partial charge in [0.1, 0.15) is 0 Å². The zero-order chi connectivity index (χ0) is 24.0. The highest BCUT2D eigenvalue weighted by Crippen LogP contribution is 2.39. The van der Waals surface area contributed by atoms with E-state index in [9.17, 15) is 0 Å². The monoisotopic (exact) mass is 470 g/mol. The molecule has 0 radical (unpaired) electrons. The summed E-state index contributed by atoms with van der Waals surface area (Å²) in [5, 5.41) is 0. The topological polar surface area (TPSA) is 0 Å². The summed E-state index contributed by atoms with van der Waals surface area (Å²) < 4.78 is 0. The molecule has 0 atom stereocenters. The molecule has 0 amide bonds. The van der Waals surface area contributed by atoms with Gasteiger partial charge in [-0.3, -0.25) is 0 Å². The van der Waals surface area contributed by atoms with Gasteiger partial charge in [-0.1, -0.05) is 163 Å². The summed E-state index contributed by atoms with van der Waals surface area (Å²) in [4.78, 5) is 0. The van der Waals surface area contributed by atoms with Crippen LogP contribution in [0.25, 0.3) is 0 Å². The third-order valence-electron chi connectivity index (χ3n) is 6.69. The molecule has 0 saturated heterocycles. The van der Waals surface area contributed by atoms with Crippen LogP contribution in [-0.2, 0) is 0 Å². The highest BCUT2D eigenvalue weighted by molar-refractivity contribution is 7.57. The van der Waals surface area contributed by atoms with Gasteiger partial charge in [-0.2, -0.15) is 0 Å². The van der Waals surface area contributed by atoms with Crippen LogP contribution in [0, 0.1) is 0 Å². The fraction of sp³-hybridized carbons (Fsp3) is 1.00. The number of hydrogen-bond acceptors (Lipinski definition) is 0. The predicted molar refractivity (Wildman–Crippen MR) is 156 cm³/mol. The van der Waals surface area contributed by atoms with Crippen molar-refractivity contribution in [2.24, 2.45) is 0 Å². The first kappa shape index (κ1) is 34.6. The first-order valence-corrected chi connectivity index (χ1v) is 17.4. The molecule has 0 aromatic rings. The van der Waals surface area contributed by atoms with Gasteiger partial charge in [-0.05, 0) is 37.7 Å². The van der Waals surface area contributed by atoms with Crippen molar-refractivity contribution < 1.29 is 0 Å². The fourth-order valence-electron chi connectivity index (χ4n) is 4.36. The lowest BCUT2D eigenvalue weighted by Gasteiger charge is -2.18. The van der Waals surface area contributed by atoms with E-state index in [0.29, 0.717) is 7.92 Å². The smallest absolute Gasteiger partial charge is 0.0326 e. The third kappa shape index (κ3) is 32.6. The molecule has 0 nitrogen and oxygen atoms in total. The van der Waals surface area contributed by atoms with E-state index in [1.54, 1.807) is 18.5 Å². The maximum Gasteiger partial charge on any atom is -0.0326 e. The standard InChI is InChI=1S/C24H51P.C7H16/c1-4-7-10-13-16-19-22-25(23-20-17-14-11-8-5-2)24-21-18-15-12-9-6-3;1-3-5-7-6-4-2/h4-24H2,1-3H3;3-7H2,1-2H3. The molecule has 0 saturated carbocycles. The van der Waals surface area contributed by atoms with E-state index < -0.39 is 0 Å². The molecule has 0 spiro atoms. The van der Waals surface area contributed by atoms with Crippen LogP contribution >= 0.6 is 7.92 Å². The Labute approximate surface area is 208 Å². The average molecular weight is 471 g/mol. The van der Waals surface area contributed by atoms with Gasteiger partial charge in [0.25, 0.3) is 0 Å². The highest BCUT2D eigenvalue weighted by atomic mass is 31.1. The molecular formula is C31H67P. The Bertz CT molecular complexity index is 246. The van der Waals surface area contributed by atoms with Crippen LogP contribution in [-0.4, -0.2) is 18.5 Å². The van der Waals surface area contributed by atoms with Crippen LogP contribution in [0.15, 0.2) is 0 Å². The molecule has 0 heterocycles. The lowest BCUT2D eigenvalue weighted by atomic mass is 10.1. The van der Waals surface area contributed by atoms with Crippen LogP contribution in [0.5, 0.6) is 0 Å². The van der Waals surface area contributed by atoms with Gasteiger partial charge in [0.15, 0.2) is 0 Å². The second-order valence-electron chi connectivity index (χ2n) is 10.2. The maximum absolute atomic E-state index is 2.32. The van der Waals surface area contributed by atoms with E-state index >= 15 is 0 Å². The zero-order valence-corrected chi connectivity index (χ0v) is 24.7. The van der Waals surface area contributed by atoms with E-state index in [2.05, 4.69) is 34.6 Å². The molecular weight excluding hydrogens is 403 g/mol. The summed E-state index contributed by atoms with van der Waals surface area (Å²) in [5.74, 6) is 0. The Hall–Kier alpha value is 0.430. The normalized spacial score (nSPS) is 11.1. The van der Waals surface area contributed by atoms with Crippen molar-refractivity contribution in [2.45, 2.75) is 182 Å². The van der Waals surface area contributed by atoms with Crippen molar-refractivity contribution in [1.29, 1.82) is 0 Å². The van der Waals surface area contributed by atoms with E-state index in [0.717, 1.165) is 0 Å². The van der Waals surface area contributed by atoms with E-state index in [-0.39, 0.29) is 0 Å². The van der Waals surface area contributed by atoms with Crippen LogP contribution < -0.4 is 0 Å². The van der Waals surface area contributed by atoms with Gasteiger partial charge >= 0.3 is 0 Å². The van der Waals surface area contributed by atoms with E-state index in [1.807, 2.05) is 0 Å². The SMILES string of the molecule is CCCCCCC.CCCCCCCCP(CCCCCCCC)CCCCCCCC. The van der Waals surface area contributed by atoms with Crippen molar-refractivity contribution >= 4 is 7.92 Å². The summed E-state index contributed by atoms with van der Waals surface area (Å²) in [6.45, 7) is 11.5. The minimum atomic E-state index is 0.366.